The smallest absolute Gasteiger partial charge is 0.226 e. The van der Waals surface area contributed by atoms with Crippen molar-refractivity contribution in [2.45, 2.75) is 26.7 Å². The number of allylic oxidation sites excluding steroid dienone is 10. The van der Waals surface area contributed by atoms with Crippen molar-refractivity contribution < 1.29 is 0 Å². The molecule has 0 aromatic carbocycles. The maximum Gasteiger partial charge on any atom is 0.269 e. The molecule has 0 spiro atoms. The topological polar surface area (TPSA) is 28.1 Å². The third-order valence-electron chi connectivity index (χ3n) is 2.74. The highest BCUT2D eigenvalue weighted by molar-refractivity contribution is 5.60. The zero-order chi connectivity index (χ0) is 13.4. The van der Waals surface area contributed by atoms with Gasteiger partial charge in [0.2, 0.25) is 0 Å². The van der Waals surface area contributed by atoms with Crippen molar-refractivity contribution in [2.75, 3.05) is 0 Å². The third-order valence-corrected chi connectivity index (χ3v) is 2.74. The van der Waals surface area contributed by atoms with E-state index in [0.29, 0.717) is 0 Å². The summed E-state index contributed by atoms with van der Waals surface area (Å²) in [5, 5.41) is 9.06. The summed E-state index contributed by atoms with van der Waals surface area (Å²) in [5.74, 6) is 0. The molecule has 1 fully saturated rings. The van der Waals surface area contributed by atoms with E-state index in [1.165, 1.54) is 0 Å². The molecule has 1 aliphatic carbocycles. The highest BCUT2D eigenvalue weighted by Crippen LogP contribution is 2.38. The summed E-state index contributed by atoms with van der Waals surface area (Å²) < 4.78 is 0. The molecule has 0 aromatic rings. The van der Waals surface area contributed by atoms with Crippen molar-refractivity contribution in [3.8, 4) is 6.07 Å². The second-order valence-electron chi connectivity index (χ2n) is 3.88. The number of nitriles is 1. The Hall–Kier alpha value is -2.32. The van der Waals surface area contributed by atoms with Crippen LogP contribution >= 0.6 is 0 Å². The first kappa shape index (κ1) is 13.7. The molecule has 18 heavy (non-hydrogen) atoms. The number of hydrogen-bond donors (Lipinski definition) is 0. The van der Waals surface area contributed by atoms with E-state index in [0.717, 1.165) is 29.6 Å². The van der Waals surface area contributed by atoms with E-state index >= 15 is 0 Å². The van der Waals surface area contributed by atoms with Crippen LogP contribution in [0.5, 0.6) is 0 Å². The van der Waals surface area contributed by atoms with Crippen LogP contribution in [0.25, 0.3) is 4.85 Å². The van der Waals surface area contributed by atoms with Crippen molar-refractivity contribution in [2.24, 2.45) is 0 Å². The van der Waals surface area contributed by atoms with Crippen molar-refractivity contribution >= 4 is 0 Å². The molecule has 0 unspecified atom stereocenters. The van der Waals surface area contributed by atoms with Gasteiger partial charge in [-0.3, -0.25) is 0 Å². The minimum Gasteiger partial charge on any atom is -0.226 e. The van der Waals surface area contributed by atoms with Crippen LogP contribution in [0, 0.1) is 17.9 Å². The quantitative estimate of drug-likeness (QED) is 0.513. The molecule has 0 saturated heterocycles. The summed E-state index contributed by atoms with van der Waals surface area (Å²) >= 11 is 0. The number of hydrogen-bond acceptors (Lipinski definition) is 1. The van der Waals surface area contributed by atoms with Crippen LogP contribution in [-0.4, -0.2) is 0 Å². The zero-order valence-electron chi connectivity index (χ0n) is 10.8. The van der Waals surface area contributed by atoms with E-state index in [1.807, 2.05) is 56.4 Å². The molecule has 90 valence electrons. The molecule has 0 aliphatic heterocycles. The van der Waals surface area contributed by atoms with Gasteiger partial charge in [0.15, 0.2) is 0 Å². The first-order valence-electron chi connectivity index (χ1n) is 5.94. The van der Waals surface area contributed by atoms with Gasteiger partial charge in [0.05, 0.1) is 12.6 Å². The summed E-state index contributed by atoms with van der Waals surface area (Å²) in [7, 11) is 0. The molecule has 1 saturated carbocycles. The second kappa shape index (κ2) is 7.09. The predicted molar refractivity (Wildman–Crippen MR) is 74.3 cm³/mol. The Morgan fingerprint density at radius 1 is 1.17 bits per heavy atom. The molecule has 2 heteroatoms. The van der Waals surface area contributed by atoms with E-state index in [9.17, 15) is 0 Å². The van der Waals surface area contributed by atoms with Crippen LogP contribution in [0.1, 0.15) is 26.7 Å². The fourth-order valence-corrected chi connectivity index (χ4v) is 1.92. The van der Waals surface area contributed by atoms with Crippen LogP contribution in [0.2, 0.25) is 0 Å². The lowest BCUT2D eigenvalue weighted by molar-refractivity contribution is 1.05. The Kier molecular flexibility index (Phi) is 5.42. The molecule has 0 amide bonds. The predicted octanol–water partition coefficient (Wildman–Crippen LogP) is 4.48. The van der Waals surface area contributed by atoms with Crippen LogP contribution in [0.15, 0.2) is 58.9 Å². The lowest BCUT2D eigenvalue weighted by Gasteiger charge is -2.02. The molecule has 0 atom stereocenters. The lowest BCUT2D eigenvalue weighted by Crippen LogP contribution is -1.87. The molecule has 0 bridgehead atoms. The normalized spacial score (nSPS) is 19.9. The fraction of sp³-hybridized carbons (Fsp3) is 0.250. The summed E-state index contributed by atoms with van der Waals surface area (Å²) in [6.45, 7) is 11.0. The molecule has 1 aliphatic rings. The summed E-state index contributed by atoms with van der Waals surface area (Å²) in [6, 6.07) is 2.00. The average Bonchev–Trinajstić information content (AvgIpc) is 2.79. The van der Waals surface area contributed by atoms with Gasteiger partial charge in [0.25, 0.3) is 5.70 Å². The first-order chi connectivity index (χ1) is 8.78. The second-order valence-corrected chi connectivity index (χ2v) is 3.88. The largest absolute Gasteiger partial charge is 0.269 e. The van der Waals surface area contributed by atoms with Gasteiger partial charge in [0, 0.05) is 0 Å². The van der Waals surface area contributed by atoms with E-state index in [1.54, 1.807) is 0 Å². The summed E-state index contributed by atoms with van der Waals surface area (Å²) in [5.41, 5.74) is 3.18. The van der Waals surface area contributed by atoms with Crippen molar-refractivity contribution in [1.29, 1.82) is 5.26 Å². The van der Waals surface area contributed by atoms with E-state index in [2.05, 4.69) is 4.85 Å². The van der Waals surface area contributed by atoms with Gasteiger partial charge >= 0.3 is 0 Å². The lowest BCUT2D eigenvalue weighted by atomic mass is 10.0. The van der Waals surface area contributed by atoms with E-state index < -0.39 is 0 Å². The molecule has 0 heterocycles. The highest BCUT2D eigenvalue weighted by atomic mass is 14.7. The van der Waals surface area contributed by atoms with Crippen LogP contribution in [0.3, 0.4) is 0 Å². The Morgan fingerprint density at radius 3 is 2.00 bits per heavy atom. The third kappa shape index (κ3) is 3.09. The Labute approximate surface area is 109 Å². The molecule has 2 nitrogen and oxygen atoms in total. The van der Waals surface area contributed by atoms with Gasteiger partial charge in [-0.25, -0.2) is 10.1 Å². The molecule has 0 N–H and O–H groups in total. The van der Waals surface area contributed by atoms with Gasteiger partial charge in [-0.2, -0.15) is 0 Å². The Morgan fingerprint density at radius 2 is 1.67 bits per heavy atom. The van der Waals surface area contributed by atoms with E-state index in [4.69, 9.17) is 11.8 Å². The fourth-order valence-electron chi connectivity index (χ4n) is 1.92. The first-order valence-corrected chi connectivity index (χ1v) is 5.94. The monoisotopic (exact) mass is 236 g/mol. The van der Waals surface area contributed by atoms with Gasteiger partial charge in [-0.1, -0.05) is 36.5 Å². The van der Waals surface area contributed by atoms with Gasteiger partial charge < -0.3 is 0 Å². The Balaban J connectivity index is 3.35. The summed E-state index contributed by atoms with van der Waals surface area (Å²) in [6.07, 6.45) is 13.6. The zero-order valence-corrected chi connectivity index (χ0v) is 10.8. The van der Waals surface area contributed by atoms with Crippen LogP contribution in [-0.2, 0) is 0 Å². The number of nitrogens with zero attached hydrogens (tertiary/aromatic N) is 2. The Bertz CT molecular complexity index is 493. The van der Waals surface area contributed by atoms with Gasteiger partial charge in [0.1, 0.15) is 0 Å². The summed E-state index contributed by atoms with van der Waals surface area (Å²) in [4.78, 5) is 3.34. The molecule has 1 rings (SSSR count). The minimum absolute atomic E-state index is 0.194. The van der Waals surface area contributed by atoms with Crippen LogP contribution in [0.4, 0.5) is 0 Å². The van der Waals surface area contributed by atoms with E-state index in [-0.39, 0.29) is 5.70 Å². The number of rotatable bonds is 2. The minimum atomic E-state index is 0.194. The molecule has 0 radical (unpaired) electrons. The van der Waals surface area contributed by atoms with Crippen molar-refractivity contribution in [3.05, 3.63) is 70.3 Å². The molecular weight excluding hydrogens is 220 g/mol. The van der Waals surface area contributed by atoms with Gasteiger partial charge in [-0.15, -0.1) is 0 Å². The molecular formula is C16H16N2. The highest BCUT2D eigenvalue weighted by Gasteiger charge is 2.22. The van der Waals surface area contributed by atoms with Crippen molar-refractivity contribution in [1.82, 2.24) is 0 Å². The van der Waals surface area contributed by atoms with Gasteiger partial charge in [-0.05, 0) is 43.4 Å². The molecule has 0 aromatic heterocycles. The van der Waals surface area contributed by atoms with Crippen molar-refractivity contribution in [3.63, 3.8) is 0 Å². The standard InChI is InChI=1S/C16H16N2/c1-4-6-8-13-10-11-14(9-7-5-2)16(13)15(12-17)18-3/h4-9H,10-11H2,1-2H3/b6-4+,7-5+,13-8+,14-9+. The SMILES string of the molecule is [C-]#[N+]C(C#N)=C1/C(=C/C=C/C)CC/C1=C\C=C\C. The maximum atomic E-state index is 9.06. The average molecular weight is 236 g/mol. The van der Waals surface area contributed by atoms with Crippen LogP contribution < -0.4 is 0 Å². The maximum absolute atomic E-state index is 9.06.